The predicted molar refractivity (Wildman–Crippen MR) is 131 cm³/mol. The van der Waals surface area contributed by atoms with Crippen LogP contribution >= 0.6 is 0 Å². The van der Waals surface area contributed by atoms with Crippen molar-refractivity contribution in [2.75, 3.05) is 4.90 Å². The van der Waals surface area contributed by atoms with Crippen molar-refractivity contribution in [1.29, 1.82) is 0 Å². The molecule has 0 bridgehead atoms. The predicted octanol–water partition coefficient (Wildman–Crippen LogP) is 5.16. The molecule has 11 heteroatoms. The third-order valence-corrected chi connectivity index (χ3v) is 9.00. The molecule has 3 fully saturated rings. The van der Waals surface area contributed by atoms with E-state index in [4.69, 9.17) is 0 Å². The van der Waals surface area contributed by atoms with Crippen LogP contribution in [0.2, 0.25) is 0 Å². The van der Waals surface area contributed by atoms with E-state index < -0.39 is 29.0 Å². The number of hydrogen-bond donors (Lipinski definition) is 1. The molecule has 4 aliphatic rings. The number of anilines is 1. The number of benzene rings is 2. The van der Waals surface area contributed by atoms with E-state index in [9.17, 15) is 26.7 Å². The first-order valence-corrected chi connectivity index (χ1v) is 13.0. The molecule has 1 aliphatic heterocycles. The van der Waals surface area contributed by atoms with Crippen LogP contribution in [0.4, 0.5) is 27.6 Å². The molecule has 1 N–H and O–H groups in total. The molecule has 1 aromatic heterocycles. The standard InChI is InChI=1S/C28H26F5N5O/c1-37-15-35-36-23(37)10-25(13-27(29,30)14-25)17-3-2-4-19(7-17)38-12-21-20(24(38)39)5-16(6-22(21)28(31,32)33)11-34-26-8-18(26)9-26/h2-7,15,18,34H,8-14H2,1H3. The van der Waals surface area contributed by atoms with E-state index in [1.807, 2.05) is 0 Å². The van der Waals surface area contributed by atoms with E-state index in [2.05, 4.69) is 15.5 Å². The summed E-state index contributed by atoms with van der Waals surface area (Å²) in [7, 11) is 1.74. The van der Waals surface area contributed by atoms with Crippen LogP contribution in [-0.2, 0) is 38.1 Å². The summed E-state index contributed by atoms with van der Waals surface area (Å²) in [6, 6.07) is 9.39. The second-order valence-electron chi connectivity index (χ2n) is 11.7. The highest BCUT2D eigenvalue weighted by Crippen LogP contribution is 2.66. The summed E-state index contributed by atoms with van der Waals surface area (Å²) in [5, 5.41) is 11.3. The molecule has 6 nitrogen and oxygen atoms in total. The molecular weight excluding hydrogens is 517 g/mol. The molecule has 39 heavy (non-hydrogen) atoms. The molecule has 0 atom stereocenters. The lowest BCUT2D eigenvalue weighted by atomic mass is 9.60. The van der Waals surface area contributed by atoms with Crippen LogP contribution in [0.5, 0.6) is 0 Å². The van der Waals surface area contributed by atoms with Crippen LogP contribution in [0.25, 0.3) is 0 Å². The fourth-order valence-electron chi connectivity index (χ4n) is 6.44. The molecule has 1 amide bonds. The van der Waals surface area contributed by atoms with E-state index in [0.717, 1.165) is 18.9 Å². The van der Waals surface area contributed by atoms with Crippen LogP contribution in [0, 0.1) is 5.92 Å². The maximum absolute atomic E-state index is 14.2. The fourth-order valence-corrected chi connectivity index (χ4v) is 6.44. The van der Waals surface area contributed by atoms with Gasteiger partial charge in [0.1, 0.15) is 12.2 Å². The molecule has 3 saturated carbocycles. The van der Waals surface area contributed by atoms with Gasteiger partial charge >= 0.3 is 6.18 Å². The number of amides is 1. The third kappa shape index (κ3) is 4.04. The van der Waals surface area contributed by atoms with Gasteiger partial charge in [-0.2, -0.15) is 13.2 Å². The third-order valence-electron chi connectivity index (χ3n) is 9.00. The highest BCUT2D eigenvalue weighted by molar-refractivity contribution is 6.10. The van der Waals surface area contributed by atoms with Crippen molar-refractivity contribution in [1.82, 2.24) is 20.1 Å². The van der Waals surface area contributed by atoms with Gasteiger partial charge in [-0.25, -0.2) is 8.78 Å². The van der Waals surface area contributed by atoms with Crippen molar-refractivity contribution in [2.24, 2.45) is 13.0 Å². The summed E-state index contributed by atoms with van der Waals surface area (Å²) in [4.78, 5) is 14.8. The van der Waals surface area contributed by atoms with Gasteiger partial charge in [0.25, 0.3) is 5.91 Å². The van der Waals surface area contributed by atoms with Crippen molar-refractivity contribution >= 4 is 11.6 Å². The largest absolute Gasteiger partial charge is 0.416 e. The number of nitrogens with one attached hydrogen (secondary N) is 1. The van der Waals surface area contributed by atoms with Crippen LogP contribution in [-0.4, -0.2) is 32.1 Å². The Morgan fingerprint density at radius 3 is 2.49 bits per heavy atom. The summed E-state index contributed by atoms with van der Waals surface area (Å²) < 4.78 is 72.4. The van der Waals surface area contributed by atoms with Gasteiger partial charge < -0.3 is 14.8 Å². The Morgan fingerprint density at radius 2 is 1.87 bits per heavy atom. The van der Waals surface area contributed by atoms with Crippen LogP contribution < -0.4 is 10.2 Å². The number of carbonyl (C=O) groups is 1. The number of alkyl halides is 5. The smallest absolute Gasteiger partial charge is 0.321 e. The van der Waals surface area contributed by atoms with Crippen LogP contribution in [0.15, 0.2) is 42.7 Å². The molecular formula is C28H26F5N5O. The molecule has 0 radical (unpaired) electrons. The molecule has 0 saturated heterocycles. The zero-order valence-corrected chi connectivity index (χ0v) is 21.2. The Labute approximate surface area is 221 Å². The van der Waals surface area contributed by atoms with Gasteiger partial charge in [0.15, 0.2) is 0 Å². The van der Waals surface area contributed by atoms with E-state index in [-0.39, 0.29) is 49.0 Å². The van der Waals surface area contributed by atoms with Crippen molar-refractivity contribution in [3.8, 4) is 0 Å². The van der Waals surface area contributed by atoms with Gasteiger partial charge in [-0.15, -0.1) is 10.2 Å². The highest BCUT2D eigenvalue weighted by atomic mass is 19.4. The zero-order chi connectivity index (χ0) is 27.4. The van der Waals surface area contributed by atoms with Gasteiger partial charge in [0.2, 0.25) is 5.92 Å². The van der Waals surface area contributed by atoms with Crippen molar-refractivity contribution in [3.63, 3.8) is 0 Å². The van der Waals surface area contributed by atoms with E-state index in [0.29, 0.717) is 28.6 Å². The minimum absolute atomic E-state index is 0.0386. The summed E-state index contributed by atoms with van der Waals surface area (Å²) in [6.45, 7) is 0.0348. The van der Waals surface area contributed by atoms with Gasteiger partial charge in [-0.3, -0.25) is 4.79 Å². The number of aromatic nitrogens is 3. The Hall–Kier alpha value is -3.34. The number of aryl methyl sites for hydroxylation is 1. The number of hydrogen-bond acceptors (Lipinski definition) is 4. The average molecular weight is 544 g/mol. The van der Waals surface area contributed by atoms with Crippen LogP contribution in [0.3, 0.4) is 0 Å². The van der Waals surface area contributed by atoms with Crippen molar-refractivity contribution in [2.45, 2.75) is 68.2 Å². The van der Waals surface area contributed by atoms with Crippen LogP contribution in [0.1, 0.15) is 64.1 Å². The number of rotatable bonds is 7. The topological polar surface area (TPSA) is 63.1 Å². The zero-order valence-electron chi connectivity index (χ0n) is 21.2. The quantitative estimate of drug-likeness (QED) is 0.419. The van der Waals surface area contributed by atoms with E-state index >= 15 is 0 Å². The first kappa shape index (κ1) is 24.7. The Balaban J connectivity index is 1.21. The Kier molecular flexibility index (Phi) is 4.98. The monoisotopic (exact) mass is 543 g/mol. The average Bonchev–Trinajstić information content (AvgIpc) is 3.63. The molecule has 0 unspecified atom stereocenters. The van der Waals surface area contributed by atoms with Gasteiger partial charge in [0, 0.05) is 55.1 Å². The molecule has 2 aromatic carbocycles. The molecule has 0 spiro atoms. The molecule has 3 aromatic rings. The lowest BCUT2D eigenvalue weighted by Crippen LogP contribution is -2.51. The molecule has 7 rings (SSSR count). The molecule has 204 valence electrons. The SMILES string of the molecule is Cn1cnnc1CC1(c2cccc(N3Cc4c(cc(CNC56CC5C6)cc4C(F)(F)F)C3=O)c2)CC(F)(F)C1. The lowest BCUT2D eigenvalue weighted by molar-refractivity contribution is -0.138. The second-order valence-corrected chi connectivity index (χ2v) is 11.7. The van der Waals surface area contributed by atoms with Crippen molar-refractivity contribution in [3.05, 3.63) is 76.4 Å². The van der Waals surface area contributed by atoms with E-state index in [1.54, 1.807) is 41.9 Å². The van der Waals surface area contributed by atoms with Gasteiger partial charge in [-0.05, 0) is 59.7 Å². The summed E-state index contributed by atoms with van der Waals surface area (Å²) in [5.41, 5.74) is -0.246. The molecule has 2 heterocycles. The van der Waals surface area contributed by atoms with E-state index in [1.165, 1.54) is 11.2 Å². The first-order valence-electron chi connectivity index (χ1n) is 13.0. The maximum atomic E-state index is 14.2. The highest BCUT2D eigenvalue weighted by Gasteiger charge is 2.69. The Morgan fingerprint density at radius 1 is 1.13 bits per heavy atom. The maximum Gasteiger partial charge on any atom is 0.416 e. The number of halogens is 5. The minimum Gasteiger partial charge on any atom is -0.321 e. The lowest BCUT2D eigenvalue weighted by Gasteiger charge is -2.48. The normalized spacial score (nSPS) is 25.7. The second kappa shape index (κ2) is 7.87. The minimum atomic E-state index is -4.62. The fraction of sp³-hybridized carbons (Fsp3) is 0.464. The number of fused-ring (bicyclic) bond motifs is 2. The number of nitrogens with zero attached hydrogens (tertiary/aromatic N) is 4. The summed E-state index contributed by atoms with van der Waals surface area (Å²) in [5.74, 6) is -2.17. The summed E-state index contributed by atoms with van der Waals surface area (Å²) >= 11 is 0. The summed E-state index contributed by atoms with van der Waals surface area (Å²) in [6.07, 6.45) is -1.55. The molecule has 3 aliphatic carbocycles. The first-order chi connectivity index (χ1) is 18.4. The van der Waals surface area contributed by atoms with Gasteiger partial charge in [0.05, 0.1) is 12.1 Å². The Bertz CT molecular complexity index is 1500. The van der Waals surface area contributed by atoms with Crippen molar-refractivity contribution < 1.29 is 26.7 Å². The van der Waals surface area contributed by atoms with Gasteiger partial charge in [-0.1, -0.05) is 12.1 Å². The number of carbonyl (C=O) groups excluding carboxylic acids is 1.